The van der Waals surface area contributed by atoms with E-state index in [0.29, 0.717) is 0 Å². The van der Waals surface area contributed by atoms with E-state index in [-0.39, 0.29) is 5.92 Å². The number of hydrogen-bond acceptors (Lipinski definition) is 0. The van der Waals surface area contributed by atoms with Gasteiger partial charge in [-0.3, -0.25) is 0 Å². The van der Waals surface area contributed by atoms with Crippen LogP contribution in [0.1, 0.15) is 45.4 Å². The minimum atomic E-state index is -0.651. The third-order valence-electron chi connectivity index (χ3n) is 3.08. The lowest BCUT2D eigenvalue weighted by atomic mass is 9.80. The third-order valence-corrected chi connectivity index (χ3v) is 3.60. The maximum atomic E-state index is 13.2. The molecule has 0 spiro atoms. The van der Waals surface area contributed by atoms with E-state index in [2.05, 4.69) is 6.92 Å². The second-order valence-electron chi connectivity index (χ2n) is 4.11. The molecule has 0 atom stereocenters. The van der Waals surface area contributed by atoms with Gasteiger partial charge in [0, 0.05) is 5.92 Å². The Balaban J connectivity index is 2.39. The summed E-state index contributed by atoms with van der Waals surface area (Å²) in [4.78, 5) is 0. The molecule has 0 unspecified atom stereocenters. The summed E-state index contributed by atoms with van der Waals surface area (Å²) in [5.41, 5.74) is 0. The van der Waals surface area contributed by atoms with E-state index < -0.39 is 9.66 Å². The van der Waals surface area contributed by atoms with Gasteiger partial charge in [-0.05, 0) is 54.2 Å². The molecule has 0 bridgehead atoms. The predicted molar refractivity (Wildman–Crippen MR) is 63.6 cm³/mol. The fourth-order valence-electron chi connectivity index (χ4n) is 2.27. The SMILES string of the molecule is CCCC1CCC(/C(F)=C(\F)I)CC1. The lowest BCUT2D eigenvalue weighted by molar-refractivity contribution is 0.259. The predicted octanol–water partition coefficient (Wildman–Crippen LogP) is 5.14. The molecule has 0 nitrogen and oxygen atoms in total. The van der Waals surface area contributed by atoms with Gasteiger partial charge in [-0.25, -0.2) is 4.39 Å². The number of allylic oxidation sites excluding steroid dienone is 1. The highest BCUT2D eigenvalue weighted by molar-refractivity contribution is 14.1. The van der Waals surface area contributed by atoms with Crippen LogP contribution in [0.15, 0.2) is 9.66 Å². The Morgan fingerprint density at radius 3 is 2.21 bits per heavy atom. The minimum Gasteiger partial charge on any atom is -0.208 e. The summed E-state index contributed by atoms with van der Waals surface area (Å²) in [5, 5.41) is 0. The second-order valence-corrected chi connectivity index (χ2v) is 5.06. The van der Waals surface area contributed by atoms with Crippen LogP contribution in [-0.4, -0.2) is 0 Å². The van der Waals surface area contributed by atoms with Gasteiger partial charge >= 0.3 is 0 Å². The van der Waals surface area contributed by atoms with E-state index in [0.717, 1.165) is 31.6 Å². The molecule has 1 aliphatic rings. The molecule has 1 saturated carbocycles. The van der Waals surface area contributed by atoms with Gasteiger partial charge in [0.05, 0.1) is 0 Å². The number of halogens is 3. The van der Waals surface area contributed by atoms with Crippen molar-refractivity contribution in [2.45, 2.75) is 45.4 Å². The van der Waals surface area contributed by atoms with E-state index in [1.54, 1.807) is 0 Å². The largest absolute Gasteiger partial charge is 0.208 e. The molecule has 0 aliphatic heterocycles. The number of rotatable bonds is 3. The molecule has 3 heteroatoms. The van der Waals surface area contributed by atoms with Gasteiger partial charge in [0.2, 0.25) is 0 Å². The molecule has 0 heterocycles. The van der Waals surface area contributed by atoms with Gasteiger partial charge in [0.15, 0.2) is 3.83 Å². The summed E-state index contributed by atoms with van der Waals surface area (Å²) in [6.45, 7) is 2.18. The van der Waals surface area contributed by atoms with Gasteiger partial charge < -0.3 is 0 Å². The van der Waals surface area contributed by atoms with Crippen LogP contribution in [0.2, 0.25) is 0 Å². The Bertz CT molecular complexity index is 201. The first-order chi connectivity index (χ1) is 6.65. The Morgan fingerprint density at radius 2 is 1.79 bits per heavy atom. The van der Waals surface area contributed by atoms with Crippen LogP contribution in [0.3, 0.4) is 0 Å². The summed E-state index contributed by atoms with van der Waals surface area (Å²) >= 11 is 1.43. The van der Waals surface area contributed by atoms with Crippen LogP contribution < -0.4 is 0 Å². The molecule has 0 aromatic carbocycles. The van der Waals surface area contributed by atoms with Gasteiger partial charge in [-0.15, -0.1) is 0 Å². The van der Waals surface area contributed by atoms with Crippen molar-refractivity contribution in [2.24, 2.45) is 11.8 Å². The van der Waals surface area contributed by atoms with Crippen molar-refractivity contribution in [3.8, 4) is 0 Å². The Morgan fingerprint density at radius 1 is 1.21 bits per heavy atom. The van der Waals surface area contributed by atoms with Crippen molar-refractivity contribution in [3.05, 3.63) is 9.66 Å². The quantitative estimate of drug-likeness (QED) is 0.633. The van der Waals surface area contributed by atoms with Crippen LogP contribution in [-0.2, 0) is 0 Å². The molecule has 82 valence electrons. The van der Waals surface area contributed by atoms with Crippen molar-refractivity contribution >= 4 is 22.6 Å². The maximum Gasteiger partial charge on any atom is 0.192 e. The highest BCUT2D eigenvalue weighted by Gasteiger charge is 2.25. The van der Waals surface area contributed by atoms with E-state index >= 15 is 0 Å². The summed E-state index contributed by atoms with van der Waals surface area (Å²) in [6, 6.07) is 0. The fourth-order valence-corrected chi connectivity index (χ4v) is 2.71. The molecule has 1 aliphatic carbocycles. The molecule has 0 aromatic heterocycles. The fraction of sp³-hybridized carbons (Fsp3) is 0.818. The summed E-state index contributed by atoms with van der Waals surface area (Å²) < 4.78 is 25.2. The summed E-state index contributed by atoms with van der Waals surface area (Å²) in [7, 11) is 0. The molecule has 0 saturated heterocycles. The van der Waals surface area contributed by atoms with E-state index in [1.807, 2.05) is 0 Å². The first-order valence-electron chi connectivity index (χ1n) is 5.35. The van der Waals surface area contributed by atoms with Gasteiger partial charge in [-0.1, -0.05) is 19.8 Å². The van der Waals surface area contributed by atoms with Crippen LogP contribution >= 0.6 is 22.6 Å². The van der Waals surface area contributed by atoms with Gasteiger partial charge in [0.25, 0.3) is 0 Å². The Labute approximate surface area is 98.3 Å². The van der Waals surface area contributed by atoms with E-state index in [4.69, 9.17) is 0 Å². The van der Waals surface area contributed by atoms with Crippen molar-refractivity contribution in [3.63, 3.8) is 0 Å². The van der Waals surface area contributed by atoms with Crippen molar-refractivity contribution in [2.75, 3.05) is 0 Å². The average Bonchev–Trinajstić information content (AvgIpc) is 2.18. The Hall–Kier alpha value is 0.330. The molecule has 1 fully saturated rings. The molecular formula is C11H17F2I. The zero-order chi connectivity index (χ0) is 10.6. The highest BCUT2D eigenvalue weighted by atomic mass is 127. The van der Waals surface area contributed by atoms with Crippen LogP contribution in [0.5, 0.6) is 0 Å². The molecular weight excluding hydrogens is 297 g/mol. The summed E-state index contributed by atoms with van der Waals surface area (Å²) in [6.07, 6.45) is 6.23. The lowest BCUT2D eigenvalue weighted by Crippen LogP contribution is -2.15. The molecule has 0 N–H and O–H groups in total. The average molecular weight is 314 g/mol. The second kappa shape index (κ2) is 6.03. The maximum absolute atomic E-state index is 13.2. The standard InChI is InChI=1S/C11H17F2I/c1-2-3-8-4-6-9(7-5-8)10(12)11(13)14/h8-9H,2-7H2,1H3/b11-10-. The van der Waals surface area contributed by atoms with Gasteiger partial charge in [-0.2, -0.15) is 4.39 Å². The number of hydrogen-bond donors (Lipinski definition) is 0. The third kappa shape index (κ3) is 3.48. The molecule has 0 aromatic rings. The monoisotopic (exact) mass is 314 g/mol. The van der Waals surface area contributed by atoms with E-state index in [9.17, 15) is 8.78 Å². The Kier molecular flexibility index (Phi) is 5.34. The first-order valence-corrected chi connectivity index (χ1v) is 6.43. The smallest absolute Gasteiger partial charge is 0.192 e. The normalized spacial score (nSPS) is 30.0. The molecule has 0 radical (unpaired) electrons. The molecule has 1 rings (SSSR count). The topological polar surface area (TPSA) is 0 Å². The lowest BCUT2D eigenvalue weighted by Gasteiger charge is -2.27. The van der Waals surface area contributed by atoms with Crippen molar-refractivity contribution in [1.82, 2.24) is 0 Å². The molecule has 14 heavy (non-hydrogen) atoms. The minimum absolute atomic E-state index is 0.139. The van der Waals surface area contributed by atoms with Crippen LogP contribution in [0.25, 0.3) is 0 Å². The van der Waals surface area contributed by atoms with Crippen LogP contribution in [0.4, 0.5) is 8.78 Å². The first kappa shape index (κ1) is 12.4. The van der Waals surface area contributed by atoms with Crippen LogP contribution in [0, 0.1) is 11.8 Å². The molecule has 0 amide bonds. The van der Waals surface area contributed by atoms with E-state index in [1.165, 1.54) is 35.4 Å². The van der Waals surface area contributed by atoms with Crippen molar-refractivity contribution in [1.29, 1.82) is 0 Å². The zero-order valence-electron chi connectivity index (χ0n) is 8.53. The summed E-state index contributed by atoms with van der Waals surface area (Å²) in [5.74, 6) is 0.0990. The zero-order valence-corrected chi connectivity index (χ0v) is 10.7. The highest BCUT2D eigenvalue weighted by Crippen LogP contribution is 2.37. The van der Waals surface area contributed by atoms with Gasteiger partial charge in [0.1, 0.15) is 5.83 Å². The van der Waals surface area contributed by atoms with Crippen molar-refractivity contribution < 1.29 is 8.78 Å².